The Morgan fingerprint density at radius 3 is 2.56 bits per heavy atom. The first-order valence-electron chi connectivity index (χ1n) is 2.66. The molecule has 0 unspecified atom stereocenters. The van der Waals surface area contributed by atoms with E-state index in [1.165, 1.54) is 0 Å². The molecule has 0 aliphatic heterocycles. The second-order valence-corrected chi connectivity index (χ2v) is 2.97. The minimum Gasteiger partial charge on any atom is -0.390 e. The lowest BCUT2D eigenvalue weighted by atomic mass is 10.5. The molecule has 0 amide bonds. The number of nitrogens with zero attached hydrogens (tertiary/aromatic N) is 1. The number of rotatable bonds is 1. The molecule has 1 rings (SSSR count). The molecule has 0 bridgehead atoms. The smallest absolute Gasteiger partial charge is 0.0833 e. The van der Waals surface area contributed by atoms with Gasteiger partial charge in [0, 0.05) is 12.7 Å². The molecule has 0 saturated heterocycles. The van der Waals surface area contributed by atoms with E-state index in [2.05, 4.69) is 22.6 Å². The van der Waals surface area contributed by atoms with Crippen molar-refractivity contribution in [1.29, 1.82) is 0 Å². The Kier molecular flexibility index (Phi) is 2.13. The zero-order chi connectivity index (χ0) is 6.85. The van der Waals surface area contributed by atoms with Crippen LogP contribution in [0.25, 0.3) is 0 Å². The van der Waals surface area contributed by atoms with E-state index in [0.29, 0.717) is 0 Å². The van der Waals surface area contributed by atoms with Crippen LogP contribution in [0.1, 0.15) is 5.69 Å². The number of aliphatic hydroxyl groups excluding tert-OH is 1. The third kappa shape index (κ3) is 1.27. The predicted octanol–water partition coefficient (Wildman–Crippen LogP) is 1.12. The van der Waals surface area contributed by atoms with Gasteiger partial charge < -0.3 is 9.67 Å². The molecule has 0 aromatic carbocycles. The van der Waals surface area contributed by atoms with Crippen LogP contribution < -0.4 is 0 Å². The SMILES string of the molecule is Cn1c(I)ccc1CO. The van der Waals surface area contributed by atoms with Crippen molar-refractivity contribution in [3.8, 4) is 0 Å². The van der Waals surface area contributed by atoms with Crippen LogP contribution in [0.5, 0.6) is 0 Å². The summed E-state index contributed by atoms with van der Waals surface area (Å²) in [6.45, 7) is 0.125. The van der Waals surface area contributed by atoms with Crippen LogP contribution in [-0.2, 0) is 13.7 Å². The molecule has 2 nitrogen and oxygen atoms in total. The minimum atomic E-state index is 0.125. The monoisotopic (exact) mass is 237 g/mol. The fourth-order valence-electron chi connectivity index (χ4n) is 0.685. The standard InChI is InChI=1S/C6H8INO/c1-8-5(4-9)2-3-6(8)7/h2-3,9H,4H2,1H3. The lowest BCUT2D eigenvalue weighted by molar-refractivity contribution is 0.272. The Balaban J connectivity index is 3.04. The van der Waals surface area contributed by atoms with Gasteiger partial charge >= 0.3 is 0 Å². The van der Waals surface area contributed by atoms with Gasteiger partial charge in [0.2, 0.25) is 0 Å². The van der Waals surface area contributed by atoms with E-state index < -0.39 is 0 Å². The van der Waals surface area contributed by atoms with Gasteiger partial charge in [0.15, 0.2) is 0 Å². The number of aromatic nitrogens is 1. The van der Waals surface area contributed by atoms with Gasteiger partial charge in [0.25, 0.3) is 0 Å². The molecule has 1 aromatic heterocycles. The van der Waals surface area contributed by atoms with Crippen LogP contribution in [0, 0.1) is 3.70 Å². The fourth-order valence-corrected chi connectivity index (χ4v) is 1.17. The molecular formula is C6H8INO. The second-order valence-electron chi connectivity index (χ2n) is 1.86. The summed E-state index contributed by atoms with van der Waals surface area (Å²) in [6, 6.07) is 3.90. The van der Waals surface area contributed by atoms with Crippen LogP contribution in [0.4, 0.5) is 0 Å². The number of hydrogen-bond donors (Lipinski definition) is 1. The maximum Gasteiger partial charge on any atom is 0.0833 e. The molecule has 9 heavy (non-hydrogen) atoms. The molecule has 1 aromatic rings. The van der Waals surface area contributed by atoms with E-state index in [1.807, 2.05) is 23.7 Å². The van der Waals surface area contributed by atoms with E-state index in [-0.39, 0.29) is 6.61 Å². The molecule has 1 N–H and O–H groups in total. The normalized spacial score (nSPS) is 10.1. The Morgan fingerprint density at radius 2 is 2.33 bits per heavy atom. The Bertz CT molecular complexity index is 207. The molecule has 1 heterocycles. The van der Waals surface area contributed by atoms with Crippen LogP contribution in [-0.4, -0.2) is 9.67 Å². The molecule has 0 aliphatic carbocycles. The Morgan fingerprint density at radius 1 is 1.67 bits per heavy atom. The van der Waals surface area contributed by atoms with E-state index in [9.17, 15) is 0 Å². The average molecular weight is 237 g/mol. The van der Waals surface area contributed by atoms with Gasteiger partial charge in [-0.2, -0.15) is 0 Å². The van der Waals surface area contributed by atoms with Crippen molar-refractivity contribution in [3.05, 3.63) is 21.5 Å². The molecule has 0 aliphatic rings. The number of aliphatic hydroxyl groups is 1. The zero-order valence-corrected chi connectivity index (χ0v) is 7.29. The predicted molar refractivity (Wildman–Crippen MR) is 44.1 cm³/mol. The Labute approximate surface area is 67.6 Å². The van der Waals surface area contributed by atoms with Crippen molar-refractivity contribution in [2.45, 2.75) is 6.61 Å². The minimum absolute atomic E-state index is 0.125. The van der Waals surface area contributed by atoms with E-state index >= 15 is 0 Å². The van der Waals surface area contributed by atoms with Crippen molar-refractivity contribution in [3.63, 3.8) is 0 Å². The topological polar surface area (TPSA) is 25.2 Å². The van der Waals surface area contributed by atoms with Crippen molar-refractivity contribution in [2.75, 3.05) is 0 Å². The van der Waals surface area contributed by atoms with Gasteiger partial charge in [-0.15, -0.1) is 0 Å². The average Bonchev–Trinajstić information content (AvgIpc) is 2.15. The zero-order valence-electron chi connectivity index (χ0n) is 5.13. The summed E-state index contributed by atoms with van der Waals surface area (Å²) in [5.74, 6) is 0. The number of hydrogen-bond acceptors (Lipinski definition) is 1. The Hall–Kier alpha value is -0.0300. The lowest BCUT2D eigenvalue weighted by Gasteiger charge is -1.98. The first-order valence-corrected chi connectivity index (χ1v) is 3.74. The van der Waals surface area contributed by atoms with Gasteiger partial charge in [0.1, 0.15) is 0 Å². The molecule has 3 heteroatoms. The maximum absolute atomic E-state index is 8.71. The van der Waals surface area contributed by atoms with Crippen LogP contribution in [0.3, 0.4) is 0 Å². The first kappa shape index (κ1) is 7.08. The summed E-state index contributed by atoms with van der Waals surface area (Å²) < 4.78 is 3.11. The van der Waals surface area contributed by atoms with E-state index in [1.54, 1.807) is 0 Å². The van der Waals surface area contributed by atoms with Gasteiger partial charge in [-0.25, -0.2) is 0 Å². The van der Waals surface area contributed by atoms with Gasteiger partial charge in [0.05, 0.1) is 10.3 Å². The highest BCUT2D eigenvalue weighted by Crippen LogP contribution is 2.08. The second kappa shape index (κ2) is 2.70. The van der Waals surface area contributed by atoms with Gasteiger partial charge in [-0.3, -0.25) is 0 Å². The van der Waals surface area contributed by atoms with E-state index in [0.717, 1.165) is 9.39 Å². The van der Waals surface area contributed by atoms with Crippen molar-refractivity contribution < 1.29 is 5.11 Å². The molecule has 0 radical (unpaired) electrons. The summed E-state index contributed by atoms with van der Waals surface area (Å²) in [7, 11) is 1.94. The van der Waals surface area contributed by atoms with Crippen molar-refractivity contribution >= 4 is 22.6 Å². The van der Waals surface area contributed by atoms with Gasteiger partial charge in [-0.1, -0.05) is 0 Å². The van der Waals surface area contributed by atoms with Crippen molar-refractivity contribution in [2.24, 2.45) is 7.05 Å². The molecule has 0 fully saturated rings. The van der Waals surface area contributed by atoms with Crippen LogP contribution >= 0.6 is 22.6 Å². The molecule has 0 saturated carbocycles. The molecular weight excluding hydrogens is 229 g/mol. The highest BCUT2D eigenvalue weighted by Gasteiger charge is 1.97. The molecule has 50 valence electrons. The summed E-state index contributed by atoms with van der Waals surface area (Å²) in [4.78, 5) is 0. The first-order chi connectivity index (χ1) is 4.25. The molecule has 0 atom stereocenters. The quantitative estimate of drug-likeness (QED) is 0.727. The third-order valence-corrected chi connectivity index (χ3v) is 2.41. The van der Waals surface area contributed by atoms with Crippen molar-refractivity contribution in [1.82, 2.24) is 4.57 Å². The summed E-state index contributed by atoms with van der Waals surface area (Å²) >= 11 is 2.22. The van der Waals surface area contributed by atoms with E-state index in [4.69, 9.17) is 5.11 Å². The van der Waals surface area contributed by atoms with Crippen LogP contribution in [0.2, 0.25) is 0 Å². The largest absolute Gasteiger partial charge is 0.390 e. The highest BCUT2D eigenvalue weighted by atomic mass is 127. The lowest BCUT2D eigenvalue weighted by Crippen LogP contribution is -1.96. The molecule has 0 spiro atoms. The summed E-state index contributed by atoms with van der Waals surface area (Å²) in [6.07, 6.45) is 0. The fraction of sp³-hybridized carbons (Fsp3) is 0.333. The number of halogens is 1. The van der Waals surface area contributed by atoms with Crippen LogP contribution in [0.15, 0.2) is 12.1 Å². The highest BCUT2D eigenvalue weighted by molar-refractivity contribution is 14.1. The summed E-state index contributed by atoms with van der Waals surface area (Å²) in [5, 5.41) is 8.71. The third-order valence-electron chi connectivity index (χ3n) is 1.33. The van der Waals surface area contributed by atoms with Gasteiger partial charge in [-0.05, 0) is 34.7 Å². The maximum atomic E-state index is 8.71. The summed E-state index contributed by atoms with van der Waals surface area (Å²) in [5.41, 5.74) is 0.958.